The molecule has 0 N–H and O–H groups in total. The Labute approximate surface area is 356 Å². The van der Waals surface area contributed by atoms with Crippen LogP contribution in [0, 0.1) is 0 Å². The molecule has 4 heterocycles. The Kier molecular flexibility index (Phi) is 8.35. The minimum absolute atomic E-state index is 0.540. The molecular formula is C55H34N6O. The lowest BCUT2D eigenvalue weighted by Gasteiger charge is -2.16. The molecule has 0 bridgehead atoms. The van der Waals surface area contributed by atoms with Gasteiger partial charge in [-0.3, -0.25) is 0 Å². The Morgan fingerprint density at radius 2 is 0.871 bits per heavy atom. The first-order valence-corrected chi connectivity index (χ1v) is 20.6. The SMILES string of the molecule is c1ccc(-c2ccc3c(c2)c2ccccc2n3-c2ccc(-c3nc(-c4ccccc4)nc(-c4ccccc4)n3)cc2-c2nc(-c3ccccc3)c3oc4ccccc4c3n2)cc1. The summed E-state index contributed by atoms with van der Waals surface area (Å²) in [4.78, 5) is 26.0. The Morgan fingerprint density at radius 1 is 0.339 bits per heavy atom. The van der Waals surface area contributed by atoms with Gasteiger partial charge in [-0.1, -0.05) is 158 Å². The molecular weight excluding hydrogens is 761 g/mol. The van der Waals surface area contributed by atoms with E-state index in [1.807, 2.05) is 97.1 Å². The van der Waals surface area contributed by atoms with Gasteiger partial charge in [0.05, 0.1) is 16.7 Å². The van der Waals surface area contributed by atoms with Gasteiger partial charge in [-0.15, -0.1) is 0 Å². The van der Waals surface area contributed by atoms with Gasteiger partial charge < -0.3 is 8.98 Å². The maximum atomic E-state index is 6.54. The summed E-state index contributed by atoms with van der Waals surface area (Å²) in [6.45, 7) is 0. The molecule has 8 aromatic carbocycles. The third-order valence-corrected chi connectivity index (χ3v) is 11.5. The quantitative estimate of drug-likeness (QED) is 0.160. The van der Waals surface area contributed by atoms with Gasteiger partial charge in [0.1, 0.15) is 16.8 Å². The molecule has 0 saturated heterocycles. The predicted molar refractivity (Wildman–Crippen MR) is 250 cm³/mol. The third-order valence-electron chi connectivity index (χ3n) is 11.5. The van der Waals surface area contributed by atoms with E-state index in [0.717, 1.165) is 77.4 Å². The van der Waals surface area contributed by atoms with Gasteiger partial charge in [0.25, 0.3) is 0 Å². The molecule has 0 amide bonds. The largest absolute Gasteiger partial charge is 0.452 e. The highest BCUT2D eigenvalue weighted by Crippen LogP contribution is 2.41. The standard InChI is InChI=1S/C55H34N6O/c1-5-17-35(18-6-1)39-29-31-46-43(33-39)41-25-13-15-27-45(41)61(46)47-32-30-40(54-59-52(37-21-9-3-10-22-37)58-53(60-54)38-23-11-4-12-24-38)34-44(47)55-56-49(36-19-7-2-8-20-36)51-50(57-55)42-26-14-16-28-48(42)62-51/h1-34H. The van der Waals surface area contributed by atoms with Crippen molar-refractivity contribution in [1.29, 1.82) is 0 Å². The van der Waals surface area contributed by atoms with E-state index in [0.29, 0.717) is 34.6 Å². The molecule has 62 heavy (non-hydrogen) atoms. The maximum absolute atomic E-state index is 6.54. The normalized spacial score (nSPS) is 11.5. The molecule has 12 aromatic rings. The van der Waals surface area contributed by atoms with Crippen LogP contribution in [-0.4, -0.2) is 29.5 Å². The van der Waals surface area contributed by atoms with E-state index in [-0.39, 0.29) is 0 Å². The van der Waals surface area contributed by atoms with Gasteiger partial charge in [0.15, 0.2) is 28.9 Å². The number of aromatic nitrogens is 6. The van der Waals surface area contributed by atoms with Crippen LogP contribution in [0.5, 0.6) is 0 Å². The fourth-order valence-electron chi connectivity index (χ4n) is 8.53. The lowest BCUT2D eigenvalue weighted by molar-refractivity contribution is 0.667. The minimum Gasteiger partial charge on any atom is -0.452 e. The van der Waals surface area contributed by atoms with Crippen molar-refractivity contribution in [2.45, 2.75) is 0 Å². The molecule has 0 unspecified atom stereocenters. The van der Waals surface area contributed by atoms with Gasteiger partial charge >= 0.3 is 0 Å². The number of hydrogen-bond donors (Lipinski definition) is 0. The fraction of sp³-hybridized carbons (Fsp3) is 0. The average molecular weight is 795 g/mol. The van der Waals surface area contributed by atoms with Crippen molar-refractivity contribution in [1.82, 2.24) is 29.5 Å². The first-order chi connectivity index (χ1) is 30.7. The van der Waals surface area contributed by atoms with Gasteiger partial charge in [-0.05, 0) is 59.7 Å². The minimum atomic E-state index is 0.540. The smallest absolute Gasteiger partial charge is 0.180 e. The van der Waals surface area contributed by atoms with E-state index in [2.05, 4.69) is 114 Å². The fourth-order valence-corrected chi connectivity index (χ4v) is 8.53. The van der Waals surface area contributed by atoms with Crippen molar-refractivity contribution >= 4 is 43.9 Å². The third kappa shape index (κ3) is 6.02. The van der Waals surface area contributed by atoms with Crippen LogP contribution in [0.3, 0.4) is 0 Å². The molecule has 0 radical (unpaired) electrons. The van der Waals surface area contributed by atoms with Crippen LogP contribution < -0.4 is 0 Å². The van der Waals surface area contributed by atoms with Crippen LogP contribution in [0.2, 0.25) is 0 Å². The van der Waals surface area contributed by atoms with Gasteiger partial charge in [0.2, 0.25) is 0 Å². The van der Waals surface area contributed by atoms with Gasteiger partial charge in [-0.25, -0.2) is 24.9 Å². The second-order valence-electron chi connectivity index (χ2n) is 15.3. The highest BCUT2D eigenvalue weighted by molar-refractivity contribution is 6.11. The topological polar surface area (TPSA) is 82.5 Å². The summed E-state index contributed by atoms with van der Waals surface area (Å²) in [6.07, 6.45) is 0. The number of furan rings is 1. The molecule has 0 atom stereocenters. The summed E-state index contributed by atoms with van der Waals surface area (Å²) in [7, 11) is 0. The van der Waals surface area contributed by atoms with E-state index in [4.69, 9.17) is 29.3 Å². The summed E-state index contributed by atoms with van der Waals surface area (Å²) < 4.78 is 8.87. The molecule has 0 aliphatic rings. The zero-order valence-electron chi connectivity index (χ0n) is 33.2. The Bertz CT molecular complexity index is 3560. The molecule has 290 valence electrons. The van der Waals surface area contributed by atoms with Crippen molar-refractivity contribution in [2.75, 3.05) is 0 Å². The second-order valence-corrected chi connectivity index (χ2v) is 15.3. The Hall–Kier alpha value is -8.55. The van der Waals surface area contributed by atoms with Crippen LogP contribution in [0.4, 0.5) is 0 Å². The number of nitrogens with zero attached hydrogens (tertiary/aromatic N) is 6. The highest BCUT2D eigenvalue weighted by atomic mass is 16.3. The summed E-state index contributed by atoms with van der Waals surface area (Å²) in [5, 5.41) is 3.22. The Balaban J connectivity index is 1.16. The zero-order chi connectivity index (χ0) is 41.0. The van der Waals surface area contributed by atoms with Crippen molar-refractivity contribution in [2.24, 2.45) is 0 Å². The van der Waals surface area contributed by atoms with Crippen molar-refractivity contribution in [3.8, 4) is 73.6 Å². The zero-order valence-corrected chi connectivity index (χ0v) is 33.2. The van der Waals surface area contributed by atoms with Crippen LogP contribution in [-0.2, 0) is 0 Å². The highest BCUT2D eigenvalue weighted by Gasteiger charge is 2.23. The first kappa shape index (κ1) is 35.4. The summed E-state index contributed by atoms with van der Waals surface area (Å²) in [6, 6.07) is 70.5. The number of fused-ring (bicyclic) bond motifs is 6. The number of benzene rings is 8. The van der Waals surface area contributed by atoms with Gasteiger partial charge in [0, 0.05) is 44.0 Å². The molecule has 12 rings (SSSR count). The van der Waals surface area contributed by atoms with E-state index < -0.39 is 0 Å². The molecule has 4 aromatic heterocycles. The molecule has 0 spiro atoms. The monoisotopic (exact) mass is 794 g/mol. The Morgan fingerprint density at radius 3 is 1.55 bits per heavy atom. The lowest BCUT2D eigenvalue weighted by Crippen LogP contribution is -2.03. The van der Waals surface area contributed by atoms with Crippen LogP contribution >= 0.6 is 0 Å². The van der Waals surface area contributed by atoms with Crippen LogP contribution in [0.25, 0.3) is 117 Å². The maximum Gasteiger partial charge on any atom is 0.180 e. The lowest BCUT2D eigenvalue weighted by atomic mass is 10.0. The van der Waals surface area contributed by atoms with Crippen LogP contribution in [0.15, 0.2) is 211 Å². The van der Waals surface area contributed by atoms with E-state index in [9.17, 15) is 0 Å². The van der Waals surface area contributed by atoms with Crippen LogP contribution in [0.1, 0.15) is 0 Å². The average Bonchev–Trinajstić information content (AvgIpc) is 3.90. The van der Waals surface area contributed by atoms with Crippen molar-refractivity contribution in [3.05, 3.63) is 206 Å². The first-order valence-electron chi connectivity index (χ1n) is 20.6. The van der Waals surface area contributed by atoms with E-state index in [1.54, 1.807) is 0 Å². The van der Waals surface area contributed by atoms with Gasteiger partial charge in [-0.2, -0.15) is 0 Å². The number of para-hydroxylation sites is 2. The summed E-state index contributed by atoms with van der Waals surface area (Å²) >= 11 is 0. The van der Waals surface area contributed by atoms with E-state index in [1.165, 1.54) is 5.56 Å². The molecule has 7 nitrogen and oxygen atoms in total. The molecule has 7 heteroatoms. The molecule has 0 aliphatic heterocycles. The van der Waals surface area contributed by atoms with Crippen molar-refractivity contribution < 1.29 is 4.42 Å². The van der Waals surface area contributed by atoms with E-state index >= 15 is 0 Å². The predicted octanol–water partition coefficient (Wildman–Crippen LogP) is 13.7. The molecule has 0 fully saturated rings. The van der Waals surface area contributed by atoms with Crippen molar-refractivity contribution in [3.63, 3.8) is 0 Å². The second kappa shape index (κ2) is 14.6. The number of hydrogen-bond acceptors (Lipinski definition) is 6. The molecule has 0 aliphatic carbocycles. The molecule has 0 saturated carbocycles. The summed E-state index contributed by atoms with van der Waals surface area (Å²) in [5.74, 6) is 2.27. The number of rotatable bonds is 7. The summed E-state index contributed by atoms with van der Waals surface area (Å²) in [5.41, 5.74) is 12.6.